The summed E-state index contributed by atoms with van der Waals surface area (Å²) in [5.41, 5.74) is 4.45. The Hall–Kier alpha value is -1.72. The number of oxazole rings is 1. The van der Waals surface area contributed by atoms with E-state index in [0.29, 0.717) is 27.6 Å². The molecule has 1 saturated carbocycles. The topological polar surface area (TPSA) is 48.0 Å². The van der Waals surface area contributed by atoms with Crippen LogP contribution in [0.15, 0.2) is 33.9 Å². The molecular weight excluding hydrogens is 344 g/mol. The largest absolute Gasteiger partial charge is 0.431 e. The Morgan fingerprint density at radius 3 is 2.92 bits per heavy atom. The maximum atomic E-state index is 12.6. The minimum absolute atomic E-state index is 0.111. The van der Waals surface area contributed by atoms with Crippen molar-refractivity contribution in [1.29, 1.82) is 0 Å². The first-order valence-electron chi connectivity index (χ1n) is 7.93. The van der Waals surface area contributed by atoms with Crippen LogP contribution in [0.2, 0.25) is 5.02 Å². The monoisotopic (exact) mass is 360 g/mol. The number of carbonyl (C=O) groups excluding carboxylic acids is 1. The maximum Gasteiger partial charge on any atom is 0.257 e. The van der Waals surface area contributed by atoms with Gasteiger partial charge in [0, 0.05) is 34.1 Å². The third-order valence-electron chi connectivity index (χ3n) is 4.35. The van der Waals surface area contributed by atoms with E-state index in [4.69, 9.17) is 16.0 Å². The first-order chi connectivity index (χ1) is 11.5. The number of rotatable bonds is 5. The summed E-state index contributed by atoms with van der Waals surface area (Å²) in [5, 5.41) is 1.11. The number of aryl methyl sites for hydroxylation is 1. The number of carbonyl (C=O) groups is 1. The quantitative estimate of drug-likeness (QED) is 0.463. The van der Waals surface area contributed by atoms with Gasteiger partial charge in [-0.05, 0) is 44.9 Å². The van der Waals surface area contributed by atoms with Gasteiger partial charge in [0.2, 0.25) is 0 Å². The molecule has 1 aliphatic carbocycles. The lowest BCUT2D eigenvalue weighted by Crippen LogP contribution is -2.05. The van der Waals surface area contributed by atoms with Crippen molar-refractivity contribution in [1.82, 2.24) is 9.55 Å². The summed E-state index contributed by atoms with van der Waals surface area (Å²) in [5.74, 6) is 0.426. The van der Waals surface area contributed by atoms with Gasteiger partial charge >= 0.3 is 0 Å². The summed E-state index contributed by atoms with van der Waals surface area (Å²) in [6.45, 7) is 4.10. The fourth-order valence-corrected chi connectivity index (χ4v) is 3.98. The predicted molar refractivity (Wildman–Crippen MR) is 96.3 cm³/mol. The molecule has 0 N–H and O–H groups in total. The highest BCUT2D eigenvalue weighted by atomic mass is 35.5. The fourth-order valence-electron chi connectivity index (χ4n) is 3.10. The van der Waals surface area contributed by atoms with Gasteiger partial charge in [-0.1, -0.05) is 23.4 Å². The highest BCUT2D eigenvalue weighted by Crippen LogP contribution is 2.38. The van der Waals surface area contributed by atoms with E-state index >= 15 is 0 Å². The van der Waals surface area contributed by atoms with Gasteiger partial charge < -0.3 is 8.98 Å². The molecule has 2 heterocycles. The molecule has 0 saturated heterocycles. The van der Waals surface area contributed by atoms with Crippen LogP contribution in [-0.2, 0) is 0 Å². The lowest BCUT2D eigenvalue weighted by Gasteiger charge is -2.07. The predicted octanol–water partition coefficient (Wildman–Crippen LogP) is 5.21. The molecule has 1 aromatic carbocycles. The average molecular weight is 361 g/mol. The number of Topliss-reactive ketones (excluding diaryl/α,β-unsaturated/α-hetero) is 1. The summed E-state index contributed by atoms with van der Waals surface area (Å²) < 4.78 is 7.94. The van der Waals surface area contributed by atoms with Gasteiger partial charge in [-0.25, -0.2) is 4.98 Å². The second-order valence-electron chi connectivity index (χ2n) is 6.19. The Bertz CT molecular complexity index is 940. The molecule has 4 nitrogen and oxygen atoms in total. The Morgan fingerprint density at radius 2 is 2.17 bits per heavy atom. The Morgan fingerprint density at radius 1 is 1.38 bits per heavy atom. The molecule has 24 heavy (non-hydrogen) atoms. The maximum absolute atomic E-state index is 12.6. The van der Waals surface area contributed by atoms with Crippen LogP contribution in [0, 0.1) is 13.8 Å². The van der Waals surface area contributed by atoms with E-state index in [2.05, 4.69) is 16.5 Å². The number of nitrogens with zero attached hydrogens (tertiary/aromatic N) is 2. The van der Waals surface area contributed by atoms with E-state index in [1.807, 2.05) is 19.1 Å². The molecule has 0 aliphatic heterocycles. The number of halogens is 1. The molecule has 0 unspecified atom stereocenters. The van der Waals surface area contributed by atoms with Crippen LogP contribution in [-0.4, -0.2) is 21.1 Å². The van der Waals surface area contributed by atoms with Crippen LogP contribution in [0.3, 0.4) is 0 Å². The van der Waals surface area contributed by atoms with Crippen molar-refractivity contribution >= 4 is 40.2 Å². The molecule has 1 fully saturated rings. The molecule has 2 aromatic heterocycles. The van der Waals surface area contributed by atoms with E-state index in [0.717, 1.165) is 16.8 Å². The summed E-state index contributed by atoms with van der Waals surface area (Å²) in [6, 6.07) is 7.91. The van der Waals surface area contributed by atoms with E-state index in [1.54, 1.807) is 12.1 Å². The molecule has 0 atom stereocenters. The van der Waals surface area contributed by atoms with E-state index in [9.17, 15) is 4.79 Å². The van der Waals surface area contributed by atoms with Gasteiger partial charge in [-0.3, -0.25) is 4.79 Å². The standard InChI is InChI=1S/C18H17ClN2O2S/c1-10-7-14(11(2)21(10)13-4-5-13)16(22)9-24-18-20-15-6-3-12(19)8-17(15)23-18/h3,6-8,13H,4-5,9H2,1-2H3. The van der Waals surface area contributed by atoms with Crippen LogP contribution in [0.5, 0.6) is 0 Å². The van der Waals surface area contributed by atoms with Crippen LogP contribution < -0.4 is 0 Å². The molecule has 124 valence electrons. The number of ketones is 1. The normalized spacial score (nSPS) is 14.5. The van der Waals surface area contributed by atoms with Crippen LogP contribution >= 0.6 is 23.4 Å². The third-order valence-corrected chi connectivity index (χ3v) is 5.42. The number of benzene rings is 1. The smallest absolute Gasteiger partial charge is 0.257 e. The molecule has 0 amide bonds. The van der Waals surface area contributed by atoms with Crippen LogP contribution in [0.1, 0.15) is 40.6 Å². The van der Waals surface area contributed by atoms with E-state index in [1.165, 1.54) is 30.3 Å². The Kier molecular flexibility index (Phi) is 3.93. The lowest BCUT2D eigenvalue weighted by molar-refractivity contribution is 0.102. The molecule has 4 rings (SSSR count). The van der Waals surface area contributed by atoms with Crippen molar-refractivity contribution in [2.24, 2.45) is 0 Å². The minimum atomic E-state index is 0.111. The summed E-state index contributed by atoms with van der Waals surface area (Å²) in [4.78, 5) is 17.0. The summed E-state index contributed by atoms with van der Waals surface area (Å²) in [6.07, 6.45) is 2.43. The summed E-state index contributed by atoms with van der Waals surface area (Å²) >= 11 is 7.27. The second-order valence-corrected chi connectivity index (χ2v) is 7.55. The van der Waals surface area contributed by atoms with Crippen LogP contribution in [0.4, 0.5) is 0 Å². The zero-order valence-corrected chi connectivity index (χ0v) is 15.1. The minimum Gasteiger partial charge on any atom is -0.431 e. The van der Waals surface area contributed by atoms with Crippen molar-refractivity contribution in [2.75, 3.05) is 5.75 Å². The van der Waals surface area contributed by atoms with Crippen molar-refractivity contribution in [2.45, 2.75) is 38.0 Å². The number of hydrogen-bond donors (Lipinski definition) is 0. The van der Waals surface area contributed by atoms with Crippen LogP contribution in [0.25, 0.3) is 11.1 Å². The molecule has 6 heteroatoms. The van der Waals surface area contributed by atoms with Gasteiger partial charge in [0.25, 0.3) is 5.22 Å². The fraction of sp³-hybridized carbons (Fsp3) is 0.333. The van der Waals surface area contributed by atoms with E-state index < -0.39 is 0 Å². The van der Waals surface area contributed by atoms with Crippen molar-refractivity contribution in [3.05, 3.63) is 46.2 Å². The van der Waals surface area contributed by atoms with Gasteiger partial charge in [-0.15, -0.1) is 0 Å². The molecular formula is C18H17ClN2O2S. The number of fused-ring (bicyclic) bond motifs is 1. The van der Waals surface area contributed by atoms with Crippen molar-refractivity contribution in [3.8, 4) is 0 Å². The Balaban J connectivity index is 1.50. The zero-order chi connectivity index (χ0) is 16.8. The van der Waals surface area contributed by atoms with Crippen molar-refractivity contribution in [3.63, 3.8) is 0 Å². The van der Waals surface area contributed by atoms with Gasteiger partial charge in [0.1, 0.15) is 5.52 Å². The highest BCUT2D eigenvalue weighted by Gasteiger charge is 2.28. The van der Waals surface area contributed by atoms with E-state index in [-0.39, 0.29) is 5.78 Å². The van der Waals surface area contributed by atoms with Gasteiger partial charge in [0.05, 0.1) is 5.75 Å². The lowest BCUT2D eigenvalue weighted by atomic mass is 10.2. The first-order valence-corrected chi connectivity index (χ1v) is 9.30. The molecule has 0 radical (unpaired) electrons. The second kappa shape index (κ2) is 5.97. The number of aromatic nitrogens is 2. The average Bonchev–Trinajstić information content (AvgIpc) is 3.21. The third kappa shape index (κ3) is 2.87. The summed E-state index contributed by atoms with van der Waals surface area (Å²) in [7, 11) is 0. The number of hydrogen-bond acceptors (Lipinski definition) is 4. The zero-order valence-electron chi connectivity index (χ0n) is 13.5. The molecule has 1 aliphatic rings. The van der Waals surface area contributed by atoms with Gasteiger partial charge in [0.15, 0.2) is 11.4 Å². The van der Waals surface area contributed by atoms with Crippen molar-refractivity contribution < 1.29 is 9.21 Å². The molecule has 0 bridgehead atoms. The highest BCUT2D eigenvalue weighted by molar-refractivity contribution is 7.99. The molecule has 0 spiro atoms. The van der Waals surface area contributed by atoms with Gasteiger partial charge in [-0.2, -0.15) is 0 Å². The molecule has 3 aromatic rings. The number of thioether (sulfide) groups is 1. The Labute approximate surface area is 149 Å². The first kappa shape index (κ1) is 15.8. The SMILES string of the molecule is Cc1cc(C(=O)CSc2nc3ccc(Cl)cc3o2)c(C)n1C1CC1.